The van der Waals surface area contributed by atoms with Crippen molar-refractivity contribution in [3.63, 3.8) is 0 Å². The van der Waals surface area contributed by atoms with Gasteiger partial charge in [-0.05, 0) is 6.07 Å². The molecule has 20 heavy (non-hydrogen) atoms. The van der Waals surface area contributed by atoms with Crippen LogP contribution < -0.4 is 5.56 Å². The van der Waals surface area contributed by atoms with Crippen LogP contribution in [0.5, 0.6) is 0 Å². The Labute approximate surface area is 112 Å². The van der Waals surface area contributed by atoms with Crippen molar-refractivity contribution in [1.29, 1.82) is 0 Å². The fourth-order valence-corrected chi connectivity index (χ4v) is 1.78. The largest absolute Gasteiger partial charge is 0.480 e. The summed E-state index contributed by atoms with van der Waals surface area (Å²) in [6.45, 7) is 0. The Bertz CT molecular complexity index is 689. The Hall–Kier alpha value is -2.90. The molecule has 2 rings (SSSR count). The van der Waals surface area contributed by atoms with Crippen molar-refractivity contribution in [2.75, 3.05) is 0 Å². The molecule has 104 valence electrons. The molecule has 2 heterocycles. The summed E-state index contributed by atoms with van der Waals surface area (Å²) in [4.78, 5) is 40.5. The zero-order chi connectivity index (χ0) is 14.7. The average Bonchev–Trinajstić information content (AvgIpc) is 2.89. The van der Waals surface area contributed by atoms with Crippen molar-refractivity contribution < 1.29 is 19.8 Å². The van der Waals surface area contributed by atoms with Crippen molar-refractivity contribution in [2.45, 2.75) is 12.5 Å². The zero-order valence-corrected chi connectivity index (χ0v) is 10.2. The number of aromatic amines is 1. The van der Waals surface area contributed by atoms with Gasteiger partial charge in [-0.3, -0.25) is 9.36 Å². The molecular weight excluding hydrogens is 266 g/mol. The highest BCUT2D eigenvalue weighted by Crippen LogP contribution is 2.12. The van der Waals surface area contributed by atoms with E-state index in [-0.39, 0.29) is 12.0 Å². The number of aliphatic carboxylic acids is 1. The summed E-state index contributed by atoms with van der Waals surface area (Å²) in [6, 6.07) is 0.963. The first-order valence-corrected chi connectivity index (χ1v) is 5.64. The molecule has 0 bridgehead atoms. The van der Waals surface area contributed by atoms with E-state index in [1.807, 2.05) is 0 Å². The maximum absolute atomic E-state index is 11.7. The maximum Gasteiger partial charge on any atom is 0.337 e. The molecule has 0 aliphatic heterocycles. The Morgan fingerprint density at radius 2 is 2.10 bits per heavy atom. The van der Waals surface area contributed by atoms with Crippen molar-refractivity contribution in [1.82, 2.24) is 14.5 Å². The van der Waals surface area contributed by atoms with Crippen LogP contribution in [0.15, 0.2) is 35.6 Å². The third-order valence-corrected chi connectivity index (χ3v) is 2.77. The van der Waals surface area contributed by atoms with Gasteiger partial charge in [0.15, 0.2) is 0 Å². The number of carboxylic acids is 2. The quantitative estimate of drug-likeness (QED) is 0.713. The highest BCUT2D eigenvalue weighted by atomic mass is 16.4. The third-order valence-electron chi connectivity index (χ3n) is 2.77. The van der Waals surface area contributed by atoms with Gasteiger partial charge in [0, 0.05) is 30.6 Å². The van der Waals surface area contributed by atoms with Crippen LogP contribution in [0.25, 0.3) is 0 Å². The summed E-state index contributed by atoms with van der Waals surface area (Å²) in [5.74, 6) is -2.46. The number of imidazole rings is 1. The van der Waals surface area contributed by atoms with E-state index in [0.717, 1.165) is 22.9 Å². The van der Waals surface area contributed by atoms with Gasteiger partial charge < -0.3 is 15.2 Å². The van der Waals surface area contributed by atoms with Gasteiger partial charge >= 0.3 is 11.9 Å². The number of nitrogens with one attached hydrogen (secondary N) is 1. The number of aromatic nitrogens is 3. The fraction of sp³-hybridized carbons (Fsp3) is 0.167. The topological polar surface area (TPSA) is 125 Å². The van der Waals surface area contributed by atoms with Crippen LogP contribution in [-0.4, -0.2) is 36.7 Å². The average molecular weight is 277 g/mol. The standard InChI is InChI=1S/C12H11N3O5/c16-10-2-1-7(11(17)18)5-15(10)9(12(19)20)3-8-4-13-6-14-8/h1-2,4-6,9H,3H2,(H,13,14)(H,17,18)(H,19,20)/t9-/m0/s1. The van der Waals surface area contributed by atoms with Gasteiger partial charge in [-0.15, -0.1) is 0 Å². The molecule has 0 amide bonds. The van der Waals surface area contributed by atoms with Gasteiger partial charge in [0.25, 0.3) is 5.56 Å². The molecule has 8 heteroatoms. The van der Waals surface area contributed by atoms with Gasteiger partial charge in [0.2, 0.25) is 0 Å². The second-order valence-corrected chi connectivity index (χ2v) is 4.10. The zero-order valence-electron chi connectivity index (χ0n) is 10.2. The van der Waals surface area contributed by atoms with Crippen LogP contribution in [0.4, 0.5) is 0 Å². The lowest BCUT2D eigenvalue weighted by Crippen LogP contribution is -2.31. The highest BCUT2D eigenvalue weighted by Gasteiger charge is 2.22. The molecule has 8 nitrogen and oxygen atoms in total. The number of H-pyrrole nitrogens is 1. The number of pyridine rings is 1. The number of carboxylic acid groups (broad SMARTS) is 2. The second kappa shape index (κ2) is 5.39. The van der Waals surface area contributed by atoms with Gasteiger partial charge in [0.05, 0.1) is 11.9 Å². The van der Waals surface area contributed by atoms with Crippen LogP contribution in [0, 0.1) is 0 Å². The number of rotatable bonds is 5. The fourth-order valence-electron chi connectivity index (χ4n) is 1.78. The maximum atomic E-state index is 11.7. The molecule has 0 saturated carbocycles. The van der Waals surface area contributed by atoms with Crippen LogP contribution in [0.1, 0.15) is 22.1 Å². The van der Waals surface area contributed by atoms with Gasteiger partial charge in [0.1, 0.15) is 6.04 Å². The molecule has 0 fully saturated rings. The number of aromatic carboxylic acids is 1. The summed E-state index contributed by atoms with van der Waals surface area (Å²) < 4.78 is 0.895. The molecule has 1 atom stereocenters. The summed E-state index contributed by atoms with van der Waals surface area (Å²) in [7, 11) is 0. The molecule has 2 aromatic rings. The first-order valence-electron chi connectivity index (χ1n) is 5.64. The highest BCUT2D eigenvalue weighted by molar-refractivity contribution is 5.87. The molecule has 0 aromatic carbocycles. The normalized spacial score (nSPS) is 12.0. The summed E-state index contributed by atoms with van der Waals surface area (Å²) in [5, 5.41) is 18.1. The molecule has 0 unspecified atom stereocenters. The smallest absolute Gasteiger partial charge is 0.337 e. The minimum absolute atomic E-state index is 0.00167. The first-order chi connectivity index (χ1) is 9.49. The summed E-state index contributed by atoms with van der Waals surface area (Å²) >= 11 is 0. The van der Waals surface area contributed by atoms with Crippen molar-refractivity contribution >= 4 is 11.9 Å². The van der Waals surface area contributed by atoms with Gasteiger partial charge in [-0.2, -0.15) is 0 Å². The molecule has 0 spiro atoms. The number of hydrogen-bond acceptors (Lipinski definition) is 4. The molecule has 0 aliphatic rings. The molecule has 3 N–H and O–H groups in total. The molecule has 0 saturated heterocycles. The van der Waals surface area contributed by atoms with E-state index in [2.05, 4.69) is 9.97 Å². The predicted molar refractivity (Wildman–Crippen MR) is 66.6 cm³/mol. The van der Waals surface area contributed by atoms with E-state index in [0.29, 0.717) is 5.69 Å². The Balaban J connectivity index is 2.43. The molecule has 0 radical (unpaired) electrons. The monoisotopic (exact) mass is 277 g/mol. The number of nitrogens with zero attached hydrogens (tertiary/aromatic N) is 2. The Morgan fingerprint density at radius 3 is 2.65 bits per heavy atom. The van der Waals surface area contributed by atoms with E-state index < -0.39 is 23.5 Å². The molecule has 2 aromatic heterocycles. The number of hydrogen-bond donors (Lipinski definition) is 3. The van der Waals surface area contributed by atoms with Crippen LogP contribution >= 0.6 is 0 Å². The van der Waals surface area contributed by atoms with E-state index in [9.17, 15) is 19.5 Å². The SMILES string of the molecule is O=C(O)c1ccc(=O)n([C@@H](Cc2cnc[nH]2)C(=O)O)c1. The molecule has 0 aliphatic carbocycles. The van der Waals surface area contributed by atoms with Crippen LogP contribution in [0.3, 0.4) is 0 Å². The lowest BCUT2D eigenvalue weighted by molar-refractivity contribution is -0.141. The Morgan fingerprint density at radius 1 is 1.35 bits per heavy atom. The van der Waals surface area contributed by atoms with Crippen molar-refractivity contribution in [3.05, 3.63) is 52.5 Å². The Kier molecular flexibility index (Phi) is 3.65. The van der Waals surface area contributed by atoms with Crippen LogP contribution in [0.2, 0.25) is 0 Å². The third kappa shape index (κ3) is 2.74. The summed E-state index contributed by atoms with van der Waals surface area (Å²) in [6.07, 6.45) is 3.87. The minimum atomic E-state index is -1.23. The van der Waals surface area contributed by atoms with Crippen molar-refractivity contribution in [2.24, 2.45) is 0 Å². The lowest BCUT2D eigenvalue weighted by atomic mass is 10.1. The van der Waals surface area contributed by atoms with Crippen molar-refractivity contribution in [3.8, 4) is 0 Å². The molecular formula is C12H11N3O5. The summed E-state index contributed by atoms with van der Waals surface area (Å²) in [5.41, 5.74) is -0.201. The lowest BCUT2D eigenvalue weighted by Gasteiger charge is -2.15. The van der Waals surface area contributed by atoms with Crippen LogP contribution in [-0.2, 0) is 11.2 Å². The van der Waals surface area contributed by atoms with Gasteiger partial charge in [-0.1, -0.05) is 0 Å². The number of carbonyl (C=O) groups is 2. The van der Waals surface area contributed by atoms with E-state index in [1.54, 1.807) is 0 Å². The second-order valence-electron chi connectivity index (χ2n) is 4.10. The minimum Gasteiger partial charge on any atom is -0.480 e. The van der Waals surface area contributed by atoms with E-state index >= 15 is 0 Å². The van der Waals surface area contributed by atoms with Gasteiger partial charge in [-0.25, -0.2) is 14.6 Å². The van der Waals surface area contributed by atoms with E-state index in [1.165, 1.54) is 12.5 Å². The first kappa shape index (κ1) is 13.5. The van der Waals surface area contributed by atoms with E-state index in [4.69, 9.17) is 5.11 Å². The predicted octanol–water partition coefficient (Wildman–Crippen LogP) is 0.138.